The Bertz CT molecular complexity index is 706. The summed E-state index contributed by atoms with van der Waals surface area (Å²) < 4.78 is 0. The van der Waals surface area contributed by atoms with Crippen LogP contribution < -0.4 is 0 Å². The molecule has 0 spiro atoms. The van der Waals surface area contributed by atoms with Gasteiger partial charge >= 0.3 is 0 Å². The first kappa shape index (κ1) is 24.7. The molecule has 3 aliphatic rings. The van der Waals surface area contributed by atoms with Crippen molar-refractivity contribution in [1.82, 2.24) is 0 Å². The predicted octanol–water partition coefficient (Wildman–Crippen LogP) is 4.68. The van der Waals surface area contributed by atoms with E-state index in [2.05, 4.69) is 32.6 Å². The van der Waals surface area contributed by atoms with Crippen LogP contribution in [0.2, 0.25) is 0 Å². The molecule has 0 aromatic heterocycles. The lowest BCUT2D eigenvalue weighted by atomic mass is 9.60. The number of rotatable bonds is 7. The third kappa shape index (κ3) is 5.71. The zero-order chi connectivity index (χ0) is 22.8. The van der Waals surface area contributed by atoms with Gasteiger partial charge in [0.25, 0.3) is 0 Å². The molecule has 3 fully saturated rings. The number of aliphatic hydroxyl groups is 4. The van der Waals surface area contributed by atoms with Crippen molar-refractivity contribution in [2.75, 3.05) is 6.61 Å². The molecule has 0 heterocycles. The smallest absolute Gasteiger partial charge is 0.0874 e. The Hall–Kier alpha value is -0.940. The van der Waals surface area contributed by atoms with Crippen LogP contribution in [0, 0.1) is 23.2 Å². The number of fused-ring (bicyclic) bond motifs is 1. The summed E-state index contributed by atoms with van der Waals surface area (Å²) in [5.41, 5.74) is 2.97. The highest BCUT2D eigenvalue weighted by Gasteiger charge is 2.50. The molecule has 0 saturated heterocycles. The molecule has 0 bridgehead atoms. The van der Waals surface area contributed by atoms with Crippen molar-refractivity contribution >= 4 is 0 Å². The summed E-state index contributed by atoms with van der Waals surface area (Å²) in [5.74, 6) is 1.53. The summed E-state index contributed by atoms with van der Waals surface area (Å²) in [7, 11) is 0. The topological polar surface area (TPSA) is 80.9 Å². The number of hydrogen-bond acceptors (Lipinski definition) is 4. The van der Waals surface area contributed by atoms with Gasteiger partial charge in [0, 0.05) is 6.42 Å². The molecule has 4 nitrogen and oxygen atoms in total. The summed E-state index contributed by atoms with van der Waals surface area (Å²) in [5, 5.41) is 40.0. The van der Waals surface area contributed by atoms with E-state index >= 15 is 0 Å². The van der Waals surface area contributed by atoms with Gasteiger partial charge in [-0.15, -0.1) is 0 Å². The Balaban J connectivity index is 1.70. The van der Waals surface area contributed by atoms with Gasteiger partial charge in [-0.05, 0) is 93.5 Å². The maximum atomic E-state index is 10.5. The Morgan fingerprint density at radius 1 is 1.23 bits per heavy atom. The van der Waals surface area contributed by atoms with Crippen LogP contribution in [0.5, 0.6) is 0 Å². The van der Waals surface area contributed by atoms with E-state index in [0.29, 0.717) is 24.2 Å². The molecule has 3 saturated carbocycles. The summed E-state index contributed by atoms with van der Waals surface area (Å²) >= 11 is 0. The molecule has 3 aliphatic carbocycles. The first-order valence-electron chi connectivity index (χ1n) is 12.3. The standard InChI is InChI=1S/C27H44O4/c1-18-7-10-22(29)15-21(18)9-8-20-6-5-13-27(4)24(11-12-25(20)27)19(2)14-23(30)16-26(3,31)17-28/h8-9,19,22-25,28-31H,1,5-7,10-17H2,2-4H3. The number of hydrogen-bond donors (Lipinski definition) is 4. The fourth-order valence-electron chi connectivity index (χ4n) is 6.86. The lowest BCUT2D eigenvalue weighted by Gasteiger charge is -2.44. The van der Waals surface area contributed by atoms with E-state index in [1.165, 1.54) is 36.8 Å². The summed E-state index contributed by atoms with van der Waals surface area (Å²) in [6, 6.07) is 0. The van der Waals surface area contributed by atoms with Crippen LogP contribution in [-0.4, -0.2) is 44.8 Å². The van der Waals surface area contributed by atoms with Crippen LogP contribution in [0.25, 0.3) is 0 Å². The average Bonchev–Trinajstić information content (AvgIpc) is 3.05. The Kier molecular flexibility index (Phi) is 7.89. The van der Waals surface area contributed by atoms with Crippen LogP contribution in [0.3, 0.4) is 0 Å². The normalized spacial score (nSPS) is 38.2. The molecular formula is C27H44O4. The average molecular weight is 433 g/mol. The van der Waals surface area contributed by atoms with Gasteiger partial charge in [0.15, 0.2) is 0 Å². The van der Waals surface area contributed by atoms with Gasteiger partial charge in [-0.3, -0.25) is 0 Å². The van der Waals surface area contributed by atoms with Crippen molar-refractivity contribution in [3.63, 3.8) is 0 Å². The molecule has 7 atom stereocenters. The number of allylic oxidation sites excluding steroid dienone is 4. The lowest BCUT2D eigenvalue weighted by Crippen LogP contribution is -2.38. The second kappa shape index (κ2) is 9.91. The molecule has 4 N–H and O–H groups in total. The van der Waals surface area contributed by atoms with Gasteiger partial charge in [0.1, 0.15) is 0 Å². The third-order valence-corrected chi connectivity index (χ3v) is 8.57. The van der Waals surface area contributed by atoms with Gasteiger partial charge in [-0.1, -0.05) is 43.7 Å². The minimum Gasteiger partial charge on any atom is -0.393 e. The van der Waals surface area contributed by atoms with Crippen molar-refractivity contribution in [2.24, 2.45) is 23.2 Å². The van der Waals surface area contributed by atoms with E-state index in [-0.39, 0.29) is 24.5 Å². The predicted molar refractivity (Wildman–Crippen MR) is 125 cm³/mol. The van der Waals surface area contributed by atoms with Gasteiger partial charge < -0.3 is 20.4 Å². The Morgan fingerprint density at radius 2 is 1.97 bits per heavy atom. The maximum Gasteiger partial charge on any atom is 0.0874 e. The van der Waals surface area contributed by atoms with Crippen LogP contribution in [0.15, 0.2) is 35.5 Å². The first-order valence-corrected chi connectivity index (χ1v) is 12.3. The fraction of sp³-hybridized carbons (Fsp3) is 0.778. The van der Waals surface area contributed by atoms with Crippen LogP contribution >= 0.6 is 0 Å². The molecule has 4 heteroatoms. The van der Waals surface area contributed by atoms with Crippen molar-refractivity contribution < 1.29 is 20.4 Å². The molecule has 0 aliphatic heterocycles. The second-order valence-corrected chi connectivity index (χ2v) is 11.3. The molecule has 3 rings (SSSR count). The minimum absolute atomic E-state index is 0.217. The first-order chi connectivity index (χ1) is 14.6. The van der Waals surface area contributed by atoms with Crippen LogP contribution in [0.4, 0.5) is 0 Å². The molecule has 0 aromatic carbocycles. The SMILES string of the molecule is C=C1CCC(O)CC1=CC=C1CCCC2(C)C1CCC2C(C)CC(O)CC(C)(O)CO. The summed E-state index contributed by atoms with van der Waals surface area (Å²) in [6.07, 6.45) is 13.0. The van der Waals surface area contributed by atoms with E-state index < -0.39 is 11.7 Å². The highest BCUT2D eigenvalue weighted by molar-refractivity contribution is 5.36. The van der Waals surface area contributed by atoms with Gasteiger partial charge in [0.05, 0.1) is 24.4 Å². The van der Waals surface area contributed by atoms with E-state index in [9.17, 15) is 20.4 Å². The van der Waals surface area contributed by atoms with Crippen molar-refractivity contribution in [2.45, 2.75) is 103 Å². The molecule has 7 unspecified atom stereocenters. The van der Waals surface area contributed by atoms with E-state index in [0.717, 1.165) is 25.7 Å². The Labute approximate surface area is 188 Å². The van der Waals surface area contributed by atoms with E-state index in [4.69, 9.17) is 0 Å². The van der Waals surface area contributed by atoms with Crippen LogP contribution in [-0.2, 0) is 0 Å². The molecule has 0 aromatic rings. The second-order valence-electron chi connectivity index (χ2n) is 11.3. The molecule has 176 valence electrons. The quantitative estimate of drug-likeness (QED) is 0.471. The van der Waals surface area contributed by atoms with Crippen molar-refractivity contribution in [1.29, 1.82) is 0 Å². The number of aliphatic hydroxyl groups excluding tert-OH is 3. The Morgan fingerprint density at radius 3 is 2.68 bits per heavy atom. The zero-order valence-corrected chi connectivity index (χ0v) is 19.8. The zero-order valence-electron chi connectivity index (χ0n) is 19.8. The van der Waals surface area contributed by atoms with Gasteiger partial charge in [0.2, 0.25) is 0 Å². The largest absolute Gasteiger partial charge is 0.393 e. The highest BCUT2D eigenvalue weighted by Crippen LogP contribution is 2.60. The molecule has 31 heavy (non-hydrogen) atoms. The lowest BCUT2D eigenvalue weighted by molar-refractivity contribution is -0.0439. The highest BCUT2D eigenvalue weighted by atomic mass is 16.3. The third-order valence-electron chi connectivity index (χ3n) is 8.57. The van der Waals surface area contributed by atoms with E-state index in [1.807, 2.05) is 0 Å². The molecule has 0 amide bonds. The van der Waals surface area contributed by atoms with Crippen molar-refractivity contribution in [3.05, 3.63) is 35.5 Å². The van der Waals surface area contributed by atoms with Gasteiger partial charge in [-0.2, -0.15) is 0 Å². The molecule has 0 radical (unpaired) electrons. The van der Waals surface area contributed by atoms with E-state index in [1.54, 1.807) is 12.5 Å². The van der Waals surface area contributed by atoms with Crippen molar-refractivity contribution in [3.8, 4) is 0 Å². The monoisotopic (exact) mass is 432 g/mol. The van der Waals surface area contributed by atoms with Crippen LogP contribution in [0.1, 0.15) is 85.0 Å². The summed E-state index contributed by atoms with van der Waals surface area (Å²) in [4.78, 5) is 0. The summed E-state index contributed by atoms with van der Waals surface area (Å²) in [6.45, 7) is 10.2. The van der Waals surface area contributed by atoms with Gasteiger partial charge in [-0.25, -0.2) is 0 Å². The maximum absolute atomic E-state index is 10.5. The molecular weight excluding hydrogens is 388 g/mol. The minimum atomic E-state index is -1.22. The fourth-order valence-corrected chi connectivity index (χ4v) is 6.86.